The monoisotopic (exact) mass is 261 g/mol. The molecule has 1 nitrogen and oxygen atoms in total. The van der Waals surface area contributed by atoms with Gasteiger partial charge in [0.15, 0.2) is 0 Å². The van der Waals surface area contributed by atoms with E-state index in [1.807, 2.05) is 0 Å². The molecule has 0 bridgehead atoms. The highest BCUT2D eigenvalue weighted by Crippen LogP contribution is 2.52. The zero-order valence-corrected chi connectivity index (χ0v) is 12.9. The minimum Gasteiger partial charge on any atom is -0.294 e. The largest absolute Gasteiger partial charge is 0.294 e. The van der Waals surface area contributed by atoms with Crippen LogP contribution in [0.25, 0.3) is 0 Å². The molecule has 0 N–H and O–H groups in total. The molecule has 0 radical (unpaired) electrons. The molecule has 108 valence electrons. The quantitative estimate of drug-likeness (QED) is 0.652. The van der Waals surface area contributed by atoms with Gasteiger partial charge in [0.1, 0.15) is 0 Å². The molecule has 0 amide bonds. The van der Waals surface area contributed by atoms with Gasteiger partial charge in [0.05, 0.1) is 0 Å². The third kappa shape index (κ3) is 2.18. The van der Waals surface area contributed by atoms with Crippen LogP contribution in [0.4, 0.5) is 0 Å². The Hall–Kier alpha value is -0.300. The van der Waals surface area contributed by atoms with E-state index < -0.39 is 0 Å². The lowest BCUT2D eigenvalue weighted by Crippen LogP contribution is -2.50. The number of allylic oxidation sites excluding steroid dienone is 1. The molecular formula is C18H31N. The lowest BCUT2D eigenvalue weighted by Gasteiger charge is -2.46. The molecule has 0 aliphatic carbocycles. The Morgan fingerprint density at radius 1 is 1.00 bits per heavy atom. The van der Waals surface area contributed by atoms with E-state index >= 15 is 0 Å². The summed E-state index contributed by atoms with van der Waals surface area (Å²) in [6, 6.07) is 2.76. The van der Waals surface area contributed by atoms with Crippen LogP contribution >= 0.6 is 0 Å². The average molecular weight is 261 g/mol. The highest BCUT2D eigenvalue weighted by atomic mass is 15.3. The maximum absolute atomic E-state index is 3.99. The van der Waals surface area contributed by atoms with Gasteiger partial charge in [0, 0.05) is 18.1 Å². The first-order valence-electron chi connectivity index (χ1n) is 8.68. The summed E-state index contributed by atoms with van der Waals surface area (Å²) in [5.74, 6) is 2.89. The molecule has 0 unspecified atom stereocenters. The van der Waals surface area contributed by atoms with Gasteiger partial charge in [0.2, 0.25) is 0 Å². The van der Waals surface area contributed by atoms with Crippen LogP contribution in [-0.2, 0) is 0 Å². The molecule has 0 aromatic rings. The van der Waals surface area contributed by atoms with E-state index in [4.69, 9.17) is 0 Å². The van der Waals surface area contributed by atoms with Crippen molar-refractivity contribution in [2.45, 2.75) is 83.3 Å². The summed E-state index contributed by atoms with van der Waals surface area (Å²) >= 11 is 0. The number of piperidine rings is 1. The Morgan fingerprint density at radius 3 is 2.37 bits per heavy atom. The molecular weight excluding hydrogens is 230 g/mol. The Kier molecular flexibility index (Phi) is 4.03. The minimum atomic E-state index is 0.904. The second kappa shape index (κ2) is 5.60. The fourth-order valence-corrected chi connectivity index (χ4v) is 5.65. The van der Waals surface area contributed by atoms with Gasteiger partial charge in [-0.3, -0.25) is 4.90 Å². The van der Waals surface area contributed by atoms with Gasteiger partial charge in [-0.05, 0) is 56.3 Å². The van der Waals surface area contributed by atoms with Gasteiger partial charge in [0.25, 0.3) is 0 Å². The number of nitrogens with zero attached hydrogens (tertiary/aromatic N) is 1. The lowest BCUT2D eigenvalue weighted by molar-refractivity contribution is 0.0270. The van der Waals surface area contributed by atoms with Gasteiger partial charge >= 0.3 is 0 Å². The van der Waals surface area contributed by atoms with Gasteiger partial charge in [-0.15, -0.1) is 6.58 Å². The van der Waals surface area contributed by atoms with E-state index in [2.05, 4.69) is 31.4 Å². The number of hydrogen-bond acceptors (Lipinski definition) is 1. The summed E-state index contributed by atoms with van der Waals surface area (Å²) in [5, 5.41) is 0. The highest BCUT2D eigenvalue weighted by Gasteiger charge is 2.54. The second-order valence-corrected chi connectivity index (χ2v) is 7.20. The SMILES string of the molecule is C=CC[C@H]1C[C@@H]2[C@H](CCC)C[C@@H](CC)[C@@H]3CC[C@@H]1N23. The molecule has 3 aliphatic rings. The van der Waals surface area contributed by atoms with Crippen molar-refractivity contribution in [2.75, 3.05) is 0 Å². The van der Waals surface area contributed by atoms with Gasteiger partial charge in [-0.25, -0.2) is 0 Å². The number of rotatable bonds is 5. The molecule has 0 aromatic heterocycles. The van der Waals surface area contributed by atoms with Crippen LogP contribution in [0.5, 0.6) is 0 Å². The first-order valence-corrected chi connectivity index (χ1v) is 8.68. The zero-order chi connectivity index (χ0) is 13.4. The fraction of sp³-hybridized carbons (Fsp3) is 0.889. The number of hydrogen-bond donors (Lipinski definition) is 0. The second-order valence-electron chi connectivity index (χ2n) is 7.20. The summed E-state index contributed by atoms with van der Waals surface area (Å²) in [4.78, 5) is 3.01. The molecule has 0 aromatic carbocycles. The molecule has 1 heteroatoms. The summed E-state index contributed by atoms with van der Waals surface area (Å²) < 4.78 is 0. The van der Waals surface area contributed by atoms with Crippen molar-refractivity contribution in [3.63, 3.8) is 0 Å². The standard InChI is InChI=1S/C18H31N/c1-4-7-14-11-13(6-3)16-9-10-17-15(8-5-2)12-18(14)19(16)17/h5,13-18H,2,4,6-12H2,1,3H3/t13-,14-,15+,16+,17+,18-/m1/s1. The molecule has 3 fully saturated rings. The molecule has 19 heavy (non-hydrogen) atoms. The lowest BCUT2D eigenvalue weighted by atomic mass is 9.74. The van der Waals surface area contributed by atoms with E-state index in [0.29, 0.717) is 0 Å². The average Bonchev–Trinajstić information content (AvgIpc) is 2.98. The maximum Gasteiger partial charge on any atom is 0.0134 e. The van der Waals surface area contributed by atoms with E-state index in [9.17, 15) is 0 Å². The van der Waals surface area contributed by atoms with E-state index in [1.165, 1.54) is 51.4 Å². The van der Waals surface area contributed by atoms with Gasteiger partial charge in [-0.2, -0.15) is 0 Å². The fourth-order valence-electron chi connectivity index (χ4n) is 5.65. The molecule has 0 saturated carbocycles. The molecule has 3 saturated heterocycles. The van der Waals surface area contributed by atoms with Crippen LogP contribution in [-0.4, -0.2) is 23.0 Å². The third-order valence-electron chi connectivity index (χ3n) is 6.34. The normalized spacial score (nSPS) is 45.4. The van der Waals surface area contributed by atoms with Crippen LogP contribution in [0.1, 0.15) is 65.2 Å². The molecule has 3 aliphatic heterocycles. The van der Waals surface area contributed by atoms with Crippen LogP contribution in [0.2, 0.25) is 0 Å². The predicted octanol–water partition coefficient (Wildman–Crippen LogP) is 4.63. The Balaban J connectivity index is 1.82. The van der Waals surface area contributed by atoms with Crippen LogP contribution in [0, 0.1) is 17.8 Å². The van der Waals surface area contributed by atoms with Crippen molar-refractivity contribution in [3.05, 3.63) is 12.7 Å². The summed E-state index contributed by atoms with van der Waals surface area (Å²) in [7, 11) is 0. The van der Waals surface area contributed by atoms with Crippen molar-refractivity contribution >= 4 is 0 Å². The van der Waals surface area contributed by atoms with E-state index in [0.717, 1.165) is 35.9 Å². The van der Waals surface area contributed by atoms with Crippen LogP contribution < -0.4 is 0 Å². The Labute approximate surface area is 119 Å². The smallest absolute Gasteiger partial charge is 0.0134 e. The molecule has 6 atom stereocenters. The first-order chi connectivity index (χ1) is 9.30. The predicted molar refractivity (Wildman–Crippen MR) is 82.2 cm³/mol. The van der Waals surface area contributed by atoms with Crippen molar-refractivity contribution in [1.29, 1.82) is 0 Å². The van der Waals surface area contributed by atoms with Crippen molar-refractivity contribution in [3.8, 4) is 0 Å². The summed E-state index contributed by atoms with van der Waals surface area (Å²) in [6.45, 7) is 8.77. The zero-order valence-electron chi connectivity index (χ0n) is 12.9. The summed E-state index contributed by atoms with van der Waals surface area (Å²) in [6.07, 6.45) is 13.6. The Bertz CT molecular complexity index is 324. The molecule has 3 heterocycles. The topological polar surface area (TPSA) is 3.24 Å². The van der Waals surface area contributed by atoms with Crippen molar-refractivity contribution < 1.29 is 0 Å². The molecule has 3 rings (SSSR count). The van der Waals surface area contributed by atoms with Crippen molar-refractivity contribution in [1.82, 2.24) is 4.90 Å². The highest BCUT2D eigenvalue weighted by molar-refractivity contribution is 5.08. The minimum absolute atomic E-state index is 0.904. The van der Waals surface area contributed by atoms with Crippen LogP contribution in [0.3, 0.4) is 0 Å². The molecule has 0 spiro atoms. The third-order valence-corrected chi connectivity index (χ3v) is 6.34. The van der Waals surface area contributed by atoms with E-state index in [1.54, 1.807) is 0 Å². The van der Waals surface area contributed by atoms with Crippen molar-refractivity contribution in [2.24, 2.45) is 17.8 Å². The van der Waals surface area contributed by atoms with Gasteiger partial charge in [-0.1, -0.05) is 32.8 Å². The first kappa shape index (κ1) is 13.7. The Morgan fingerprint density at radius 2 is 1.74 bits per heavy atom. The van der Waals surface area contributed by atoms with Gasteiger partial charge < -0.3 is 0 Å². The van der Waals surface area contributed by atoms with Crippen LogP contribution in [0.15, 0.2) is 12.7 Å². The maximum atomic E-state index is 3.99. The van der Waals surface area contributed by atoms with E-state index in [-0.39, 0.29) is 0 Å². The summed E-state index contributed by atoms with van der Waals surface area (Å²) in [5.41, 5.74) is 0.